The molecule has 0 aliphatic carbocycles. The van der Waals surface area contributed by atoms with E-state index in [2.05, 4.69) is 12.2 Å². The average Bonchev–Trinajstić information content (AvgIpc) is 1.66. The predicted octanol–water partition coefficient (Wildman–Crippen LogP) is 0.445. The second kappa shape index (κ2) is 5.06. The van der Waals surface area contributed by atoms with Crippen LogP contribution in [0.4, 0.5) is 0 Å². The highest BCUT2D eigenvalue weighted by atomic mass is 16.5. The summed E-state index contributed by atoms with van der Waals surface area (Å²) in [5, 5.41) is 3.11. The zero-order chi connectivity index (χ0) is 6.41. The third-order valence-electron chi connectivity index (χ3n) is 0.799. The van der Waals surface area contributed by atoms with Crippen LogP contribution in [0.3, 0.4) is 0 Å². The Labute approximate surface area is 51.2 Å². The molecule has 49 valence electrons. The van der Waals surface area contributed by atoms with E-state index in [1.165, 1.54) is 0 Å². The molecule has 0 bridgehead atoms. The molecule has 0 heterocycles. The first-order valence-corrected chi connectivity index (χ1v) is 2.82. The molecule has 0 aliphatic heterocycles. The molecule has 1 radical (unpaired) electrons. The maximum atomic E-state index is 4.80. The fourth-order valence-electron chi connectivity index (χ4n) is 0.407. The first-order valence-electron chi connectivity index (χ1n) is 2.82. The number of hydrogen-bond donors (Lipinski definition) is 1. The average molecular weight is 116 g/mol. The van der Waals surface area contributed by atoms with Gasteiger partial charge in [0.25, 0.3) is 0 Å². The number of methoxy groups -OCH3 is 1. The van der Waals surface area contributed by atoms with Gasteiger partial charge in [0.2, 0.25) is 0 Å². The minimum absolute atomic E-state index is 0.324. The summed E-state index contributed by atoms with van der Waals surface area (Å²) in [6, 6.07) is 0.324. The van der Waals surface area contributed by atoms with Crippen molar-refractivity contribution in [3.05, 3.63) is 6.92 Å². The lowest BCUT2D eigenvalue weighted by molar-refractivity contribution is 0.198. The van der Waals surface area contributed by atoms with Gasteiger partial charge in [-0.1, -0.05) is 0 Å². The van der Waals surface area contributed by atoms with E-state index in [1.54, 1.807) is 7.11 Å². The summed E-state index contributed by atoms with van der Waals surface area (Å²) in [6.45, 7) is 7.41. The van der Waals surface area contributed by atoms with E-state index in [4.69, 9.17) is 4.74 Å². The standard InChI is InChI=1S/C6H14NO/c1-6(2)7-4-5-8-3/h6-7H,1,4-5H2,2-3H3. The van der Waals surface area contributed by atoms with Crippen LogP contribution in [0.25, 0.3) is 0 Å². The van der Waals surface area contributed by atoms with E-state index in [0.717, 1.165) is 13.2 Å². The minimum Gasteiger partial charge on any atom is -0.383 e. The maximum absolute atomic E-state index is 4.80. The van der Waals surface area contributed by atoms with Gasteiger partial charge in [-0.05, 0) is 13.8 Å². The van der Waals surface area contributed by atoms with Crippen molar-refractivity contribution in [3.8, 4) is 0 Å². The molecule has 1 atom stereocenters. The summed E-state index contributed by atoms with van der Waals surface area (Å²) in [5.74, 6) is 0. The molecule has 0 aromatic heterocycles. The molecule has 0 saturated heterocycles. The third kappa shape index (κ3) is 5.92. The zero-order valence-corrected chi connectivity index (χ0v) is 5.61. The first kappa shape index (κ1) is 7.92. The van der Waals surface area contributed by atoms with Gasteiger partial charge in [0, 0.05) is 19.7 Å². The normalized spacial score (nSPS) is 10.5. The Bertz CT molecular complexity index is 45.8. The molecule has 8 heavy (non-hydrogen) atoms. The highest BCUT2D eigenvalue weighted by Gasteiger charge is 1.87. The van der Waals surface area contributed by atoms with Gasteiger partial charge in [0.15, 0.2) is 0 Å². The van der Waals surface area contributed by atoms with Crippen LogP contribution in [-0.4, -0.2) is 26.3 Å². The van der Waals surface area contributed by atoms with Crippen LogP contribution in [0.2, 0.25) is 0 Å². The van der Waals surface area contributed by atoms with Crippen LogP contribution in [0.1, 0.15) is 6.92 Å². The monoisotopic (exact) mass is 116 g/mol. The minimum atomic E-state index is 0.324. The Morgan fingerprint density at radius 1 is 1.75 bits per heavy atom. The second-order valence-electron chi connectivity index (χ2n) is 1.85. The highest BCUT2D eigenvalue weighted by Crippen LogP contribution is 1.72. The quantitative estimate of drug-likeness (QED) is 0.538. The molecule has 0 saturated carbocycles. The van der Waals surface area contributed by atoms with Crippen molar-refractivity contribution in [3.63, 3.8) is 0 Å². The summed E-state index contributed by atoms with van der Waals surface area (Å²) in [5.41, 5.74) is 0. The Hall–Kier alpha value is -0.0800. The fourth-order valence-corrected chi connectivity index (χ4v) is 0.407. The summed E-state index contributed by atoms with van der Waals surface area (Å²) in [6.07, 6.45) is 0. The molecule has 0 fully saturated rings. The topological polar surface area (TPSA) is 21.3 Å². The maximum Gasteiger partial charge on any atom is 0.0587 e. The summed E-state index contributed by atoms with van der Waals surface area (Å²) < 4.78 is 4.80. The Morgan fingerprint density at radius 3 is 2.75 bits per heavy atom. The number of rotatable bonds is 4. The van der Waals surface area contributed by atoms with Gasteiger partial charge in [-0.15, -0.1) is 0 Å². The molecule has 1 unspecified atom stereocenters. The molecule has 2 nitrogen and oxygen atoms in total. The predicted molar refractivity (Wildman–Crippen MR) is 34.7 cm³/mol. The van der Waals surface area contributed by atoms with Gasteiger partial charge in [-0.3, -0.25) is 0 Å². The summed E-state index contributed by atoms with van der Waals surface area (Å²) in [4.78, 5) is 0. The smallest absolute Gasteiger partial charge is 0.0587 e. The lowest BCUT2D eigenvalue weighted by atomic mass is 10.4. The van der Waals surface area contributed by atoms with E-state index in [-0.39, 0.29) is 0 Å². The molecule has 0 amide bonds. The van der Waals surface area contributed by atoms with Crippen molar-refractivity contribution in [1.82, 2.24) is 5.32 Å². The molecular formula is C6H14NO. The van der Waals surface area contributed by atoms with Crippen LogP contribution in [0, 0.1) is 6.92 Å². The molecule has 0 aliphatic rings. The SMILES string of the molecule is [CH2]C(C)NCCOC. The van der Waals surface area contributed by atoms with Crippen molar-refractivity contribution in [2.45, 2.75) is 13.0 Å². The van der Waals surface area contributed by atoms with E-state index in [1.807, 2.05) is 6.92 Å². The van der Waals surface area contributed by atoms with Crippen LogP contribution >= 0.6 is 0 Å². The molecule has 0 spiro atoms. The molecule has 0 rings (SSSR count). The van der Waals surface area contributed by atoms with Crippen molar-refractivity contribution in [2.24, 2.45) is 0 Å². The molecule has 0 aromatic rings. The third-order valence-corrected chi connectivity index (χ3v) is 0.799. The van der Waals surface area contributed by atoms with Gasteiger partial charge in [0.05, 0.1) is 6.61 Å². The number of nitrogens with one attached hydrogen (secondary N) is 1. The zero-order valence-electron chi connectivity index (χ0n) is 5.61. The van der Waals surface area contributed by atoms with Crippen LogP contribution < -0.4 is 5.32 Å². The summed E-state index contributed by atoms with van der Waals surface area (Å²) in [7, 11) is 1.69. The largest absolute Gasteiger partial charge is 0.383 e. The summed E-state index contributed by atoms with van der Waals surface area (Å²) >= 11 is 0. The van der Waals surface area contributed by atoms with Crippen molar-refractivity contribution in [1.29, 1.82) is 0 Å². The van der Waals surface area contributed by atoms with E-state index < -0.39 is 0 Å². The highest BCUT2D eigenvalue weighted by molar-refractivity contribution is 4.59. The van der Waals surface area contributed by atoms with Crippen LogP contribution in [-0.2, 0) is 4.74 Å². The first-order chi connectivity index (χ1) is 3.77. The van der Waals surface area contributed by atoms with E-state index >= 15 is 0 Å². The van der Waals surface area contributed by atoms with Gasteiger partial charge >= 0.3 is 0 Å². The van der Waals surface area contributed by atoms with E-state index in [0.29, 0.717) is 6.04 Å². The Balaban J connectivity index is 2.72. The van der Waals surface area contributed by atoms with Gasteiger partial charge < -0.3 is 10.1 Å². The molecule has 0 aromatic carbocycles. The van der Waals surface area contributed by atoms with Crippen molar-refractivity contribution >= 4 is 0 Å². The Kier molecular flexibility index (Phi) is 5.01. The second-order valence-corrected chi connectivity index (χ2v) is 1.85. The molecular weight excluding hydrogens is 102 g/mol. The Morgan fingerprint density at radius 2 is 2.38 bits per heavy atom. The molecule has 1 N–H and O–H groups in total. The van der Waals surface area contributed by atoms with Gasteiger partial charge in [-0.2, -0.15) is 0 Å². The van der Waals surface area contributed by atoms with Crippen LogP contribution in [0.15, 0.2) is 0 Å². The van der Waals surface area contributed by atoms with Gasteiger partial charge in [0.1, 0.15) is 0 Å². The number of hydrogen-bond acceptors (Lipinski definition) is 2. The van der Waals surface area contributed by atoms with Crippen molar-refractivity contribution < 1.29 is 4.74 Å². The van der Waals surface area contributed by atoms with Crippen LogP contribution in [0.5, 0.6) is 0 Å². The lowest BCUT2D eigenvalue weighted by Crippen LogP contribution is -2.26. The van der Waals surface area contributed by atoms with Crippen molar-refractivity contribution in [2.75, 3.05) is 20.3 Å². The van der Waals surface area contributed by atoms with E-state index in [9.17, 15) is 0 Å². The van der Waals surface area contributed by atoms with Gasteiger partial charge in [-0.25, -0.2) is 0 Å². The fraction of sp³-hybridized carbons (Fsp3) is 0.833. The molecule has 2 heteroatoms. The lowest BCUT2D eigenvalue weighted by Gasteiger charge is -2.05. The number of ether oxygens (including phenoxy) is 1.